The highest BCUT2D eigenvalue weighted by Gasteiger charge is 2.30. The third kappa shape index (κ3) is 5.35. The Bertz CT molecular complexity index is 1150. The zero-order chi connectivity index (χ0) is 23.4. The van der Waals surface area contributed by atoms with E-state index in [1.165, 1.54) is 18.3 Å². The largest absolute Gasteiger partial charge is 0.426 e. The molecule has 0 spiro atoms. The van der Waals surface area contributed by atoms with E-state index in [-0.39, 0.29) is 23.7 Å². The van der Waals surface area contributed by atoms with Crippen LogP contribution in [0.5, 0.6) is 0 Å². The maximum atomic E-state index is 13.5. The standard InChI is InChI=1S/C25H27N5O2S/c1-17(26)32-24(27)19-7-3-6-18(16-19)21-8-4-10-23(28-21)30(20-11-13-29(2)14-12-20)25(31)22-9-5-15-33-22/h3-10,15-16,20,26-27H,11-14H2,1-2H3. The van der Waals surface area contributed by atoms with Crippen LogP contribution < -0.4 is 4.90 Å². The van der Waals surface area contributed by atoms with Crippen molar-refractivity contribution >= 4 is 34.9 Å². The molecule has 0 unspecified atom stereocenters. The van der Waals surface area contributed by atoms with Gasteiger partial charge in [0.2, 0.25) is 5.90 Å². The number of piperidine rings is 1. The van der Waals surface area contributed by atoms with E-state index in [1.54, 1.807) is 6.07 Å². The van der Waals surface area contributed by atoms with E-state index >= 15 is 0 Å². The molecule has 1 amide bonds. The summed E-state index contributed by atoms with van der Waals surface area (Å²) in [7, 11) is 2.11. The molecule has 170 valence electrons. The van der Waals surface area contributed by atoms with E-state index < -0.39 is 0 Å². The Kier molecular flexibility index (Phi) is 6.96. The second-order valence-electron chi connectivity index (χ2n) is 8.14. The average Bonchev–Trinajstić information content (AvgIpc) is 3.35. The van der Waals surface area contributed by atoms with Gasteiger partial charge >= 0.3 is 0 Å². The van der Waals surface area contributed by atoms with Crippen molar-refractivity contribution in [1.82, 2.24) is 9.88 Å². The lowest BCUT2D eigenvalue weighted by molar-refractivity contribution is 0.0966. The van der Waals surface area contributed by atoms with Crippen LogP contribution in [0.3, 0.4) is 0 Å². The van der Waals surface area contributed by atoms with Gasteiger partial charge in [-0.2, -0.15) is 0 Å². The number of likely N-dealkylation sites (tertiary alicyclic amines) is 1. The lowest BCUT2D eigenvalue weighted by Crippen LogP contribution is -2.47. The van der Waals surface area contributed by atoms with E-state index in [9.17, 15) is 4.79 Å². The number of thiophene rings is 1. The molecule has 2 aromatic heterocycles. The lowest BCUT2D eigenvalue weighted by atomic mass is 10.0. The number of aromatic nitrogens is 1. The van der Waals surface area contributed by atoms with E-state index in [4.69, 9.17) is 20.5 Å². The first-order chi connectivity index (χ1) is 15.9. The van der Waals surface area contributed by atoms with E-state index in [0.29, 0.717) is 22.0 Å². The number of benzene rings is 1. The molecule has 0 bridgehead atoms. The molecule has 0 radical (unpaired) electrons. The topological polar surface area (TPSA) is 93.4 Å². The molecule has 2 N–H and O–H groups in total. The fourth-order valence-electron chi connectivity index (χ4n) is 3.98. The molecule has 4 rings (SSSR count). The normalized spacial score (nSPS) is 14.6. The Morgan fingerprint density at radius 2 is 1.88 bits per heavy atom. The summed E-state index contributed by atoms with van der Waals surface area (Å²) in [5, 5.41) is 17.5. The predicted molar refractivity (Wildman–Crippen MR) is 133 cm³/mol. The molecule has 0 saturated carbocycles. The zero-order valence-corrected chi connectivity index (χ0v) is 19.6. The first-order valence-corrected chi connectivity index (χ1v) is 11.8. The van der Waals surface area contributed by atoms with Gasteiger partial charge in [0.25, 0.3) is 5.91 Å². The van der Waals surface area contributed by atoms with Gasteiger partial charge in [-0.1, -0.05) is 24.3 Å². The van der Waals surface area contributed by atoms with Crippen molar-refractivity contribution < 1.29 is 9.53 Å². The first-order valence-electron chi connectivity index (χ1n) is 10.9. The summed E-state index contributed by atoms with van der Waals surface area (Å²) in [6.07, 6.45) is 1.79. The Balaban J connectivity index is 1.68. The summed E-state index contributed by atoms with van der Waals surface area (Å²) >= 11 is 1.44. The van der Waals surface area contributed by atoms with Gasteiger partial charge in [-0.15, -0.1) is 11.3 Å². The second kappa shape index (κ2) is 10.1. The van der Waals surface area contributed by atoms with Crippen molar-refractivity contribution in [3.8, 4) is 11.3 Å². The summed E-state index contributed by atoms with van der Waals surface area (Å²) in [5.41, 5.74) is 2.09. The molecule has 0 aliphatic carbocycles. The highest BCUT2D eigenvalue weighted by molar-refractivity contribution is 7.12. The Morgan fingerprint density at radius 1 is 1.12 bits per heavy atom. The fourth-order valence-corrected chi connectivity index (χ4v) is 4.64. The van der Waals surface area contributed by atoms with Crippen LogP contribution in [0.2, 0.25) is 0 Å². The van der Waals surface area contributed by atoms with Crippen LogP contribution in [0.25, 0.3) is 11.3 Å². The molecule has 1 aromatic carbocycles. The van der Waals surface area contributed by atoms with Crippen LogP contribution in [0.15, 0.2) is 60.0 Å². The summed E-state index contributed by atoms with van der Waals surface area (Å²) in [6.45, 7) is 3.37. The molecule has 7 nitrogen and oxygen atoms in total. The minimum absolute atomic E-state index is 0.0189. The van der Waals surface area contributed by atoms with Crippen molar-refractivity contribution in [3.05, 3.63) is 70.4 Å². The lowest BCUT2D eigenvalue weighted by Gasteiger charge is -2.36. The van der Waals surface area contributed by atoms with Gasteiger partial charge in [0.05, 0.1) is 10.6 Å². The number of amides is 1. The van der Waals surface area contributed by atoms with Crippen LogP contribution in [-0.2, 0) is 4.74 Å². The number of ether oxygens (including phenoxy) is 1. The Hall–Kier alpha value is -3.36. The van der Waals surface area contributed by atoms with Crippen molar-refractivity contribution in [2.75, 3.05) is 25.0 Å². The van der Waals surface area contributed by atoms with Gasteiger partial charge in [0.15, 0.2) is 5.90 Å². The van der Waals surface area contributed by atoms with Crippen molar-refractivity contribution in [2.24, 2.45) is 0 Å². The van der Waals surface area contributed by atoms with Crippen molar-refractivity contribution in [3.63, 3.8) is 0 Å². The van der Waals surface area contributed by atoms with Gasteiger partial charge in [-0.3, -0.25) is 20.5 Å². The molecule has 1 aliphatic rings. The fraction of sp³-hybridized carbons (Fsp3) is 0.280. The quantitative estimate of drug-likeness (QED) is 0.418. The maximum Gasteiger partial charge on any atom is 0.269 e. The number of hydrogen-bond donors (Lipinski definition) is 2. The van der Waals surface area contributed by atoms with Gasteiger partial charge in [-0.05, 0) is 68.7 Å². The number of hydrogen-bond acceptors (Lipinski definition) is 7. The summed E-state index contributed by atoms with van der Waals surface area (Å²) in [6, 6.07) is 16.9. The average molecular weight is 462 g/mol. The summed E-state index contributed by atoms with van der Waals surface area (Å²) in [5.74, 6) is 0.495. The van der Waals surface area contributed by atoms with Crippen LogP contribution >= 0.6 is 11.3 Å². The molecule has 33 heavy (non-hydrogen) atoms. The third-order valence-electron chi connectivity index (χ3n) is 5.66. The molecular formula is C25H27N5O2S. The molecular weight excluding hydrogens is 434 g/mol. The SMILES string of the molecule is CC(=N)OC(=N)c1cccc(-c2cccc(N(C(=O)c3cccs3)C3CCN(C)CC3)n2)c1. The van der Waals surface area contributed by atoms with Crippen LogP contribution in [0, 0.1) is 10.8 Å². The number of nitrogens with zero attached hydrogens (tertiary/aromatic N) is 3. The number of rotatable bonds is 5. The summed E-state index contributed by atoms with van der Waals surface area (Å²) < 4.78 is 5.14. The van der Waals surface area contributed by atoms with E-state index in [2.05, 4.69) is 11.9 Å². The molecule has 3 aromatic rings. The van der Waals surface area contributed by atoms with Gasteiger partial charge in [0.1, 0.15) is 5.82 Å². The Morgan fingerprint density at radius 3 is 2.58 bits per heavy atom. The summed E-state index contributed by atoms with van der Waals surface area (Å²) in [4.78, 5) is 23.2. The second-order valence-corrected chi connectivity index (χ2v) is 9.08. The smallest absolute Gasteiger partial charge is 0.269 e. The molecule has 3 heterocycles. The minimum atomic E-state index is -0.0821. The molecule has 1 aliphatic heterocycles. The third-order valence-corrected chi connectivity index (χ3v) is 6.52. The van der Waals surface area contributed by atoms with Gasteiger partial charge in [-0.25, -0.2) is 4.98 Å². The number of pyridine rings is 1. The number of anilines is 1. The van der Waals surface area contributed by atoms with Crippen LogP contribution in [-0.4, -0.2) is 53.8 Å². The van der Waals surface area contributed by atoms with E-state index in [1.807, 2.05) is 58.8 Å². The van der Waals surface area contributed by atoms with Gasteiger partial charge < -0.3 is 9.64 Å². The van der Waals surface area contributed by atoms with Crippen molar-refractivity contribution in [2.45, 2.75) is 25.8 Å². The van der Waals surface area contributed by atoms with Crippen LogP contribution in [0.1, 0.15) is 35.0 Å². The number of carbonyl (C=O) groups excluding carboxylic acids is 1. The first kappa shape index (κ1) is 22.8. The maximum absolute atomic E-state index is 13.5. The predicted octanol–water partition coefficient (Wildman–Crippen LogP) is 4.89. The van der Waals surface area contributed by atoms with E-state index in [0.717, 1.165) is 31.5 Å². The number of nitrogens with one attached hydrogen (secondary N) is 2. The molecule has 1 fully saturated rings. The molecule has 1 saturated heterocycles. The Labute approximate surface area is 197 Å². The highest BCUT2D eigenvalue weighted by atomic mass is 32.1. The monoisotopic (exact) mass is 461 g/mol. The van der Waals surface area contributed by atoms with Crippen molar-refractivity contribution in [1.29, 1.82) is 10.8 Å². The van der Waals surface area contributed by atoms with Crippen LogP contribution in [0.4, 0.5) is 5.82 Å². The van der Waals surface area contributed by atoms with Gasteiger partial charge in [0, 0.05) is 24.1 Å². The number of carbonyl (C=O) groups is 1. The highest BCUT2D eigenvalue weighted by Crippen LogP contribution is 2.28. The minimum Gasteiger partial charge on any atom is -0.426 e. The molecule has 0 atom stereocenters. The molecule has 8 heteroatoms. The zero-order valence-electron chi connectivity index (χ0n) is 18.7.